The molecule has 3 aromatic rings. The maximum absolute atomic E-state index is 13.6. The lowest BCUT2D eigenvalue weighted by atomic mass is 10.1. The van der Waals surface area contributed by atoms with Gasteiger partial charge in [0.25, 0.3) is 0 Å². The highest BCUT2D eigenvalue weighted by atomic mass is 31.2. The van der Waals surface area contributed by atoms with E-state index in [1.165, 1.54) is 6.07 Å². The van der Waals surface area contributed by atoms with Crippen LogP contribution in [0.15, 0.2) is 24.7 Å². The van der Waals surface area contributed by atoms with Gasteiger partial charge in [-0.2, -0.15) is 0 Å². The minimum absolute atomic E-state index is 0.224. The van der Waals surface area contributed by atoms with Crippen LogP contribution in [0.5, 0.6) is 0 Å². The molecule has 0 bridgehead atoms. The first kappa shape index (κ1) is 18.6. The molecule has 3 aromatic heterocycles. The third-order valence-corrected chi connectivity index (χ3v) is 4.72. The molecule has 26 heavy (non-hydrogen) atoms. The number of anilines is 1. The fourth-order valence-corrected chi connectivity index (χ4v) is 3.12. The number of aromatic nitrogens is 4. The van der Waals surface area contributed by atoms with E-state index < -0.39 is 14.2 Å². The number of hydrogen-bond acceptors (Lipinski definition) is 6. The van der Waals surface area contributed by atoms with Gasteiger partial charge in [0, 0.05) is 41.6 Å². The molecule has 3 rings (SSSR count). The number of nitrogens with zero attached hydrogens (tertiary/aromatic N) is 3. The smallest absolute Gasteiger partial charge is 0.164 e. The van der Waals surface area contributed by atoms with Crippen LogP contribution in [-0.4, -0.2) is 42.4 Å². The summed E-state index contributed by atoms with van der Waals surface area (Å²) in [5.74, 6) is 0.979. The fraction of sp³-hybridized carbons (Fsp3) is 0.353. The molecule has 0 radical (unpaired) electrons. The molecule has 0 unspecified atom stereocenters. The summed E-state index contributed by atoms with van der Waals surface area (Å²) in [4.78, 5) is 34.1. The first-order chi connectivity index (χ1) is 12.5. The zero-order valence-electron chi connectivity index (χ0n) is 14.6. The minimum Gasteiger partial charge on any atom is -0.370 e. The Balaban J connectivity index is 1.92. The number of hydrogen-bond donors (Lipinski definition) is 4. The maximum Gasteiger partial charge on any atom is 0.164 e. The molecule has 0 aromatic carbocycles. The summed E-state index contributed by atoms with van der Waals surface area (Å²) in [5.41, 5.74) is 2.22. The molecule has 0 atom stereocenters. The molecule has 3 heterocycles. The summed E-state index contributed by atoms with van der Waals surface area (Å²) in [5, 5.41) is 3.87. The Morgan fingerprint density at radius 3 is 2.81 bits per heavy atom. The number of halogens is 1. The second kappa shape index (κ2) is 8.03. The summed E-state index contributed by atoms with van der Waals surface area (Å²) in [6.45, 7) is 4.67. The molecule has 0 spiro atoms. The summed E-state index contributed by atoms with van der Waals surface area (Å²) in [6, 6.07) is 1.41. The Labute approximate surface area is 151 Å². The highest BCUT2D eigenvalue weighted by Crippen LogP contribution is 2.29. The molecule has 7 nitrogen and oxygen atoms in total. The van der Waals surface area contributed by atoms with E-state index in [1.807, 2.05) is 0 Å². The normalized spacial score (nSPS) is 11.7. The van der Waals surface area contributed by atoms with Crippen molar-refractivity contribution >= 4 is 25.2 Å². The molecule has 4 N–H and O–H groups in total. The van der Waals surface area contributed by atoms with E-state index in [4.69, 9.17) is 9.79 Å². The van der Waals surface area contributed by atoms with Crippen molar-refractivity contribution < 1.29 is 14.2 Å². The average Bonchev–Trinajstić information content (AvgIpc) is 3.01. The molecule has 0 aliphatic rings. The topological polar surface area (TPSA) is 107 Å². The van der Waals surface area contributed by atoms with Crippen LogP contribution in [0.2, 0.25) is 0 Å². The quantitative estimate of drug-likeness (QED) is 0.371. The number of nitrogens with one attached hydrogen (secondary N) is 2. The van der Waals surface area contributed by atoms with Crippen molar-refractivity contribution in [3.8, 4) is 11.4 Å². The molecule has 0 saturated heterocycles. The Morgan fingerprint density at radius 2 is 2.08 bits per heavy atom. The number of H-pyrrole nitrogens is 1. The summed E-state index contributed by atoms with van der Waals surface area (Å²) < 4.78 is 13.6. The Kier molecular flexibility index (Phi) is 5.76. The highest BCUT2D eigenvalue weighted by molar-refractivity contribution is 7.45. The van der Waals surface area contributed by atoms with Gasteiger partial charge >= 0.3 is 0 Å². The fourth-order valence-electron chi connectivity index (χ4n) is 2.68. The zero-order valence-corrected chi connectivity index (χ0v) is 15.5. The van der Waals surface area contributed by atoms with Gasteiger partial charge in [0.2, 0.25) is 0 Å². The van der Waals surface area contributed by atoms with Crippen molar-refractivity contribution in [2.45, 2.75) is 26.2 Å². The molecule has 0 amide bonds. The molecule has 0 aliphatic carbocycles. The van der Waals surface area contributed by atoms with Crippen molar-refractivity contribution in [1.82, 2.24) is 19.9 Å². The van der Waals surface area contributed by atoms with Gasteiger partial charge in [0.15, 0.2) is 14.2 Å². The van der Waals surface area contributed by atoms with E-state index in [1.54, 1.807) is 12.4 Å². The molecule has 0 fully saturated rings. The van der Waals surface area contributed by atoms with Crippen molar-refractivity contribution in [3.05, 3.63) is 36.0 Å². The van der Waals surface area contributed by atoms with Gasteiger partial charge in [-0.05, 0) is 18.4 Å². The number of fused-ring (bicyclic) bond motifs is 1. The van der Waals surface area contributed by atoms with Gasteiger partial charge in [0.05, 0.1) is 6.20 Å². The SMILES string of the molecule is CC(C)c1cnc(-c2c[nH]c3ncc(F)cc23)nc1NCCCP(O)O. The first-order valence-corrected chi connectivity index (χ1v) is 9.78. The van der Waals surface area contributed by atoms with Crippen molar-refractivity contribution in [3.63, 3.8) is 0 Å². The monoisotopic (exact) mass is 377 g/mol. The van der Waals surface area contributed by atoms with Crippen LogP contribution in [0, 0.1) is 5.82 Å². The van der Waals surface area contributed by atoms with Crippen LogP contribution in [0.1, 0.15) is 31.7 Å². The van der Waals surface area contributed by atoms with Gasteiger partial charge < -0.3 is 20.1 Å². The maximum atomic E-state index is 13.6. The molecule has 138 valence electrons. The Morgan fingerprint density at radius 1 is 1.27 bits per heavy atom. The average molecular weight is 377 g/mol. The lowest BCUT2D eigenvalue weighted by Crippen LogP contribution is -2.09. The summed E-state index contributed by atoms with van der Waals surface area (Å²) in [6.07, 6.45) is 5.62. The van der Waals surface area contributed by atoms with Gasteiger partial charge in [-0.15, -0.1) is 0 Å². The Bertz CT molecular complexity index is 900. The predicted molar refractivity (Wildman–Crippen MR) is 100 cm³/mol. The van der Waals surface area contributed by atoms with Crippen LogP contribution in [0.25, 0.3) is 22.4 Å². The van der Waals surface area contributed by atoms with Crippen LogP contribution in [-0.2, 0) is 0 Å². The lowest BCUT2D eigenvalue weighted by molar-refractivity contribution is 0.481. The number of aromatic amines is 1. The molecular weight excluding hydrogens is 356 g/mol. The van der Waals surface area contributed by atoms with Gasteiger partial charge in [-0.25, -0.2) is 19.3 Å². The summed E-state index contributed by atoms with van der Waals surface area (Å²) in [7, 11) is -1.88. The minimum atomic E-state index is -1.88. The third-order valence-electron chi connectivity index (χ3n) is 4.01. The van der Waals surface area contributed by atoms with Crippen molar-refractivity contribution in [1.29, 1.82) is 0 Å². The van der Waals surface area contributed by atoms with Crippen molar-refractivity contribution in [2.75, 3.05) is 18.0 Å². The van der Waals surface area contributed by atoms with Crippen molar-refractivity contribution in [2.24, 2.45) is 0 Å². The molecule has 9 heteroatoms. The second-order valence-electron chi connectivity index (χ2n) is 6.28. The number of pyridine rings is 1. The highest BCUT2D eigenvalue weighted by Gasteiger charge is 2.15. The lowest BCUT2D eigenvalue weighted by Gasteiger charge is -2.14. The van der Waals surface area contributed by atoms with Crippen LogP contribution in [0.4, 0.5) is 10.2 Å². The standard InChI is InChI=1S/C17H21FN5O2P/c1-10(2)13-8-22-17(23-16(13)19-4-3-5-26(24)25)14-9-21-15-12(14)6-11(18)7-20-15/h6-10,24-25H,3-5H2,1-2H3,(H,20,21)(H,19,22,23). The van der Waals surface area contributed by atoms with Gasteiger partial charge in [-0.3, -0.25) is 0 Å². The van der Waals surface area contributed by atoms with E-state index in [-0.39, 0.29) is 5.92 Å². The van der Waals surface area contributed by atoms with Crippen LogP contribution in [0.3, 0.4) is 0 Å². The van der Waals surface area contributed by atoms with E-state index in [0.29, 0.717) is 47.4 Å². The second-order valence-corrected chi connectivity index (χ2v) is 7.47. The van der Waals surface area contributed by atoms with E-state index in [9.17, 15) is 4.39 Å². The van der Waals surface area contributed by atoms with E-state index in [0.717, 1.165) is 11.8 Å². The number of rotatable bonds is 7. The summed E-state index contributed by atoms with van der Waals surface area (Å²) >= 11 is 0. The zero-order chi connectivity index (χ0) is 18.7. The van der Waals surface area contributed by atoms with E-state index >= 15 is 0 Å². The third kappa shape index (κ3) is 4.15. The van der Waals surface area contributed by atoms with Gasteiger partial charge in [0.1, 0.15) is 17.3 Å². The molecular formula is C17H21FN5O2P. The first-order valence-electron chi connectivity index (χ1n) is 8.35. The largest absolute Gasteiger partial charge is 0.370 e. The van der Waals surface area contributed by atoms with Gasteiger partial charge in [-0.1, -0.05) is 13.8 Å². The van der Waals surface area contributed by atoms with Crippen LogP contribution < -0.4 is 5.32 Å². The van der Waals surface area contributed by atoms with Crippen LogP contribution >= 0.6 is 8.38 Å². The Hall–Kier alpha value is -2.15. The predicted octanol–water partition coefficient (Wildman–Crippen LogP) is 3.38. The van der Waals surface area contributed by atoms with E-state index in [2.05, 4.69) is 39.1 Å². The molecule has 0 saturated carbocycles. The molecule has 0 aliphatic heterocycles.